The molecule has 25 heavy (non-hydrogen) atoms. The Morgan fingerprint density at radius 1 is 1.04 bits per heavy atom. The van der Waals surface area contributed by atoms with Crippen molar-refractivity contribution in [3.63, 3.8) is 0 Å². The Bertz CT molecular complexity index is 820. The first kappa shape index (κ1) is 19.4. The molecule has 0 aliphatic heterocycles. The molecule has 2 N–H and O–H groups in total. The van der Waals surface area contributed by atoms with Crippen molar-refractivity contribution in [2.24, 2.45) is 0 Å². The molecule has 0 bridgehead atoms. The molecule has 2 aromatic rings. The summed E-state index contributed by atoms with van der Waals surface area (Å²) in [6, 6.07) is 12.7. The molecule has 7 heteroatoms. The molecule has 0 spiro atoms. The molecule has 0 unspecified atom stereocenters. The van der Waals surface area contributed by atoms with Crippen LogP contribution in [-0.2, 0) is 10.0 Å². The Labute approximate surface area is 153 Å². The van der Waals surface area contributed by atoms with Crippen molar-refractivity contribution in [1.82, 2.24) is 4.72 Å². The molecule has 2 aromatic carbocycles. The number of nitrogens with one attached hydrogen (secondary N) is 2. The highest BCUT2D eigenvalue weighted by Crippen LogP contribution is 2.21. The molecular formula is C18H21ClN2O3S. The van der Waals surface area contributed by atoms with Gasteiger partial charge in [-0.15, -0.1) is 0 Å². The van der Waals surface area contributed by atoms with E-state index in [0.717, 1.165) is 19.3 Å². The molecule has 0 aliphatic carbocycles. The van der Waals surface area contributed by atoms with E-state index < -0.39 is 10.0 Å². The number of hydrogen-bond acceptors (Lipinski definition) is 3. The summed E-state index contributed by atoms with van der Waals surface area (Å²) in [6.45, 7) is 2.46. The van der Waals surface area contributed by atoms with Gasteiger partial charge in [-0.05, 0) is 42.8 Å². The van der Waals surface area contributed by atoms with E-state index in [0.29, 0.717) is 22.8 Å². The van der Waals surface area contributed by atoms with Crippen molar-refractivity contribution in [2.45, 2.75) is 31.1 Å². The van der Waals surface area contributed by atoms with Crippen LogP contribution in [0.3, 0.4) is 0 Å². The fraction of sp³-hybridized carbons (Fsp3) is 0.278. The zero-order valence-corrected chi connectivity index (χ0v) is 15.5. The van der Waals surface area contributed by atoms with E-state index in [2.05, 4.69) is 17.0 Å². The van der Waals surface area contributed by atoms with Crippen LogP contribution in [-0.4, -0.2) is 20.9 Å². The average Bonchev–Trinajstić information content (AvgIpc) is 2.61. The number of benzene rings is 2. The molecule has 1 amide bonds. The number of para-hydroxylation sites is 1. The van der Waals surface area contributed by atoms with Gasteiger partial charge in [0.1, 0.15) is 0 Å². The van der Waals surface area contributed by atoms with Crippen molar-refractivity contribution in [2.75, 3.05) is 11.9 Å². The number of hydrogen-bond donors (Lipinski definition) is 2. The van der Waals surface area contributed by atoms with Gasteiger partial charge in [0.25, 0.3) is 5.91 Å². The van der Waals surface area contributed by atoms with Gasteiger partial charge in [-0.2, -0.15) is 0 Å². The van der Waals surface area contributed by atoms with Crippen LogP contribution in [0.5, 0.6) is 0 Å². The van der Waals surface area contributed by atoms with Gasteiger partial charge in [-0.25, -0.2) is 13.1 Å². The largest absolute Gasteiger partial charge is 0.321 e. The molecule has 0 aliphatic rings. The van der Waals surface area contributed by atoms with Crippen LogP contribution < -0.4 is 10.0 Å². The van der Waals surface area contributed by atoms with Gasteiger partial charge in [-0.1, -0.05) is 43.5 Å². The summed E-state index contributed by atoms with van der Waals surface area (Å²) in [6.07, 6.45) is 2.80. The fourth-order valence-corrected chi connectivity index (χ4v) is 3.46. The minimum atomic E-state index is -3.55. The smallest absolute Gasteiger partial charge is 0.255 e. The van der Waals surface area contributed by atoms with Crippen molar-refractivity contribution in [3.05, 3.63) is 59.1 Å². The van der Waals surface area contributed by atoms with Crippen LogP contribution in [0.1, 0.15) is 36.5 Å². The Balaban J connectivity index is 2.03. The lowest BCUT2D eigenvalue weighted by atomic mass is 10.2. The standard InChI is InChI=1S/C18H21ClN2O3S/c1-2-3-6-13-20-25(23,24)15-11-9-14(10-12-15)18(22)21-17-8-5-4-7-16(17)19/h4-5,7-12,20H,2-3,6,13H2,1H3,(H,21,22). The van der Waals surface area contributed by atoms with E-state index in [4.69, 9.17) is 11.6 Å². The number of carbonyl (C=O) groups excluding carboxylic acids is 1. The Morgan fingerprint density at radius 3 is 2.36 bits per heavy atom. The van der Waals surface area contributed by atoms with E-state index in [1.54, 1.807) is 24.3 Å². The third-order valence-electron chi connectivity index (χ3n) is 3.62. The number of anilines is 1. The lowest BCUT2D eigenvalue weighted by Gasteiger charge is -2.09. The van der Waals surface area contributed by atoms with Gasteiger partial charge in [-0.3, -0.25) is 4.79 Å². The van der Waals surface area contributed by atoms with Gasteiger partial charge in [0.05, 0.1) is 15.6 Å². The lowest BCUT2D eigenvalue weighted by molar-refractivity contribution is 0.102. The zero-order valence-electron chi connectivity index (χ0n) is 14.0. The minimum Gasteiger partial charge on any atom is -0.321 e. The van der Waals surface area contributed by atoms with E-state index in [-0.39, 0.29) is 10.8 Å². The van der Waals surface area contributed by atoms with Gasteiger partial charge >= 0.3 is 0 Å². The van der Waals surface area contributed by atoms with Crippen molar-refractivity contribution >= 4 is 33.2 Å². The topological polar surface area (TPSA) is 75.3 Å². The summed E-state index contributed by atoms with van der Waals surface area (Å²) < 4.78 is 26.9. The van der Waals surface area contributed by atoms with Gasteiger partial charge < -0.3 is 5.32 Å². The number of halogens is 1. The zero-order chi connectivity index (χ0) is 18.3. The van der Waals surface area contributed by atoms with E-state index in [1.807, 2.05) is 0 Å². The number of sulfonamides is 1. The van der Waals surface area contributed by atoms with Crippen LogP contribution in [0.4, 0.5) is 5.69 Å². The first-order chi connectivity index (χ1) is 11.9. The molecule has 0 atom stereocenters. The van der Waals surface area contributed by atoms with Crippen LogP contribution >= 0.6 is 11.6 Å². The number of unbranched alkanes of at least 4 members (excludes halogenated alkanes) is 2. The second-order valence-electron chi connectivity index (χ2n) is 5.56. The number of amides is 1. The number of carbonyl (C=O) groups is 1. The van der Waals surface area contributed by atoms with Crippen molar-refractivity contribution < 1.29 is 13.2 Å². The van der Waals surface area contributed by atoms with Gasteiger partial charge in [0.15, 0.2) is 0 Å². The van der Waals surface area contributed by atoms with Crippen LogP contribution in [0, 0.1) is 0 Å². The molecule has 134 valence electrons. The summed E-state index contributed by atoms with van der Waals surface area (Å²) in [5.41, 5.74) is 0.855. The highest BCUT2D eigenvalue weighted by molar-refractivity contribution is 7.89. The minimum absolute atomic E-state index is 0.137. The summed E-state index contributed by atoms with van der Waals surface area (Å²) in [5, 5.41) is 3.13. The fourth-order valence-electron chi connectivity index (χ4n) is 2.21. The first-order valence-electron chi connectivity index (χ1n) is 8.09. The maximum Gasteiger partial charge on any atom is 0.255 e. The van der Waals surface area contributed by atoms with Gasteiger partial charge in [0, 0.05) is 12.1 Å². The summed E-state index contributed by atoms with van der Waals surface area (Å²) in [5.74, 6) is -0.354. The Morgan fingerprint density at radius 2 is 1.72 bits per heavy atom. The average molecular weight is 381 g/mol. The molecular weight excluding hydrogens is 360 g/mol. The SMILES string of the molecule is CCCCCNS(=O)(=O)c1ccc(C(=O)Nc2ccccc2Cl)cc1. The van der Waals surface area contributed by atoms with E-state index in [1.165, 1.54) is 24.3 Å². The van der Waals surface area contributed by atoms with E-state index >= 15 is 0 Å². The third kappa shape index (κ3) is 5.56. The quantitative estimate of drug-likeness (QED) is 0.678. The summed E-state index contributed by atoms with van der Waals surface area (Å²) in [7, 11) is -3.55. The van der Waals surface area contributed by atoms with E-state index in [9.17, 15) is 13.2 Å². The molecule has 0 saturated heterocycles. The second-order valence-corrected chi connectivity index (χ2v) is 7.74. The lowest BCUT2D eigenvalue weighted by Crippen LogP contribution is -2.24. The molecule has 5 nitrogen and oxygen atoms in total. The second kappa shape index (κ2) is 8.99. The molecule has 2 rings (SSSR count). The van der Waals surface area contributed by atoms with Crippen molar-refractivity contribution in [1.29, 1.82) is 0 Å². The molecule has 0 saturated carbocycles. The van der Waals surface area contributed by atoms with Crippen LogP contribution in [0.2, 0.25) is 5.02 Å². The van der Waals surface area contributed by atoms with Gasteiger partial charge in [0.2, 0.25) is 10.0 Å². The number of rotatable bonds is 8. The predicted molar refractivity (Wildman–Crippen MR) is 101 cm³/mol. The third-order valence-corrected chi connectivity index (χ3v) is 5.43. The molecule has 0 aromatic heterocycles. The Kier molecular flexibility index (Phi) is 6.99. The highest BCUT2D eigenvalue weighted by atomic mass is 35.5. The first-order valence-corrected chi connectivity index (χ1v) is 9.96. The van der Waals surface area contributed by atoms with Crippen LogP contribution in [0.15, 0.2) is 53.4 Å². The monoisotopic (exact) mass is 380 g/mol. The molecule has 0 fully saturated rings. The normalized spacial score (nSPS) is 11.3. The summed E-state index contributed by atoms with van der Waals surface area (Å²) >= 11 is 6.01. The van der Waals surface area contributed by atoms with Crippen molar-refractivity contribution in [3.8, 4) is 0 Å². The predicted octanol–water partition coefficient (Wildman–Crippen LogP) is 4.06. The maximum absolute atomic E-state index is 12.2. The Hall–Kier alpha value is -1.89. The molecule has 0 radical (unpaired) electrons. The van der Waals surface area contributed by atoms with Crippen LogP contribution in [0.25, 0.3) is 0 Å². The molecule has 0 heterocycles. The summed E-state index contributed by atoms with van der Waals surface area (Å²) in [4.78, 5) is 12.4. The maximum atomic E-state index is 12.2. The highest BCUT2D eigenvalue weighted by Gasteiger charge is 2.14.